The van der Waals surface area contributed by atoms with Crippen LogP contribution in [0.3, 0.4) is 0 Å². The van der Waals surface area contributed by atoms with E-state index in [1.54, 1.807) is 24.4 Å². The normalized spacial score (nSPS) is 10.3. The summed E-state index contributed by atoms with van der Waals surface area (Å²) in [7, 11) is 3.05. The second kappa shape index (κ2) is 10.1. The van der Waals surface area contributed by atoms with Gasteiger partial charge in [-0.15, -0.1) is 5.10 Å². The lowest BCUT2D eigenvalue weighted by atomic mass is 10.2. The number of hydrogen-bond acceptors (Lipinski definition) is 6. The molecule has 1 heterocycles. The van der Waals surface area contributed by atoms with Gasteiger partial charge in [-0.1, -0.05) is 35.5 Å². The molecule has 0 aliphatic carbocycles. The van der Waals surface area contributed by atoms with Gasteiger partial charge >= 0.3 is 0 Å². The van der Waals surface area contributed by atoms with Gasteiger partial charge in [-0.25, -0.2) is 4.68 Å². The zero-order chi connectivity index (χ0) is 21.3. The summed E-state index contributed by atoms with van der Waals surface area (Å²) in [6.07, 6.45) is 1.54. The van der Waals surface area contributed by atoms with Crippen molar-refractivity contribution in [3.8, 4) is 11.5 Å². The van der Waals surface area contributed by atoms with Gasteiger partial charge in [-0.05, 0) is 23.8 Å². The third-order valence-electron chi connectivity index (χ3n) is 4.34. The molecule has 0 radical (unpaired) electrons. The standard InChI is InChI=1S/C21H23N5O4/c1-29-18-9-8-16(12-19(18)30-2)20(27)22-10-11-26-14-17(24-25-26)21(28)23-13-15-6-4-3-5-7-15/h3-9,12,14H,10-11,13H2,1-2H3,(H,22,27)(H,23,28). The fraction of sp³-hybridized carbons (Fsp3) is 0.238. The first-order valence-corrected chi connectivity index (χ1v) is 9.33. The Hall–Kier alpha value is -3.88. The van der Waals surface area contributed by atoms with Crippen molar-refractivity contribution in [1.82, 2.24) is 25.6 Å². The topological polar surface area (TPSA) is 107 Å². The molecule has 2 amide bonds. The number of rotatable bonds is 9. The number of aromatic nitrogens is 3. The monoisotopic (exact) mass is 409 g/mol. The lowest BCUT2D eigenvalue weighted by molar-refractivity contribution is 0.0939. The minimum absolute atomic E-state index is 0.220. The number of nitrogens with one attached hydrogen (secondary N) is 2. The highest BCUT2D eigenvalue weighted by Crippen LogP contribution is 2.27. The molecule has 156 valence electrons. The highest BCUT2D eigenvalue weighted by atomic mass is 16.5. The van der Waals surface area contributed by atoms with Crippen LogP contribution in [0, 0.1) is 0 Å². The van der Waals surface area contributed by atoms with Gasteiger partial charge in [0.15, 0.2) is 17.2 Å². The van der Waals surface area contributed by atoms with E-state index in [1.807, 2.05) is 30.3 Å². The smallest absolute Gasteiger partial charge is 0.273 e. The summed E-state index contributed by atoms with van der Waals surface area (Å²) < 4.78 is 11.9. The highest BCUT2D eigenvalue weighted by molar-refractivity contribution is 5.94. The summed E-state index contributed by atoms with van der Waals surface area (Å²) in [4.78, 5) is 24.5. The fourth-order valence-corrected chi connectivity index (χ4v) is 2.74. The maximum atomic E-state index is 12.3. The van der Waals surface area contributed by atoms with Crippen LogP contribution in [0.4, 0.5) is 0 Å². The van der Waals surface area contributed by atoms with E-state index >= 15 is 0 Å². The van der Waals surface area contributed by atoms with Gasteiger partial charge in [0.2, 0.25) is 0 Å². The molecule has 2 aromatic carbocycles. The number of carbonyl (C=O) groups excluding carboxylic acids is 2. The van der Waals surface area contributed by atoms with Crippen LogP contribution in [0.15, 0.2) is 54.7 Å². The Morgan fingerprint density at radius 3 is 2.47 bits per heavy atom. The molecule has 0 saturated heterocycles. The molecule has 30 heavy (non-hydrogen) atoms. The van der Waals surface area contributed by atoms with Gasteiger partial charge in [0.25, 0.3) is 11.8 Å². The van der Waals surface area contributed by atoms with Gasteiger partial charge in [0.1, 0.15) is 0 Å². The van der Waals surface area contributed by atoms with Crippen molar-refractivity contribution in [3.63, 3.8) is 0 Å². The van der Waals surface area contributed by atoms with E-state index in [0.717, 1.165) is 5.56 Å². The predicted molar refractivity (Wildman–Crippen MR) is 110 cm³/mol. The van der Waals surface area contributed by atoms with Crippen LogP contribution in [0.5, 0.6) is 11.5 Å². The highest BCUT2D eigenvalue weighted by Gasteiger charge is 2.12. The van der Waals surface area contributed by atoms with Crippen molar-refractivity contribution >= 4 is 11.8 Å². The summed E-state index contributed by atoms with van der Waals surface area (Å²) in [5.74, 6) is 0.471. The second-order valence-corrected chi connectivity index (χ2v) is 6.36. The van der Waals surface area contributed by atoms with E-state index in [1.165, 1.54) is 18.9 Å². The minimum atomic E-state index is -0.306. The van der Waals surface area contributed by atoms with Crippen LogP contribution in [0.1, 0.15) is 26.4 Å². The summed E-state index contributed by atoms with van der Waals surface area (Å²) >= 11 is 0. The van der Waals surface area contributed by atoms with Crippen molar-refractivity contribution in [2.45, 2.75) is 13.1 Å². The average molecular weight is 409 g/mol. The van der Waals surface area contributed by atoms with Gasteiger partial charge in [-0.2, -0.15) is 0 Å². The summed E-state index contributed by atoms with van der Waals surface area (Å²) in [6.45, 7) is 1.10. The molecule has 0 saturated carbocycles. The zero-order valence-electron chi connectivity index (χ0n) is 16.8. The van der Waals surface area contributed by atoms with Crippen LogP contribution in [0.2, 0.25) is 0 Å². The Balaban J connectivity index is 1.48. The molecule has 9 nitrogen and oxygen atoms in total. The third kappa shape index (κ3) is 5.34. The van der Waals surface area contributed by atoms with Crippen molar-refractivity contribution in [2.24, 2.45) is 0 Å². The fourth-order valence-electron chi connectivity index (χ4n) is 2.74. The Morgan fingerprint density at radius 2 is 1.73 bits per heavy atom. The van der Waals surface area contributed by atoms with Gasteiger partial charge < -0.3 is 20.1 Å². The summed E-state index contributed by atoms with van der Waals surface area (Å²) in [6, 6.07) is 14.5. The van der Waals surface area contributed by atoms with Crippen LogP contribution in [-0.4, -0.2) is 47.6 Å². The van der Waals surface area contributed by atoms with Gasteiger partial charge in [0.05, 0.1) is 27.0 Å². The number of carbonyl (C=O) groups is 2. The molecule has 0 aliphatic rings. The van der Waals surface area contributed by atoms with E-state index in [-0.39, 0.29) is 17.5 Å². The number of methoxy groups -OCH3 is 2. The number of hydrogen-bond donors (Lipinski definition) is 2. The second-order valence-electron chi connectivity index (χ2n) is 6.36. The van der Waals surface area contributed by atoms with Crippen molar-refractivity contribution in [1.29, 1.82) is 0 Å². The number of ether oxygens (including phenoxy) is 2. The summed E-state index contributed by atoms with van der Waals surface area (Å²) in [5, 5.41) is 13.4. The molecule has 0 unspecified atom stereocenters. The Kier molecular flexibility index (Phi) is 6.99. The van der Waals surface area contributed by atoms with E-state index < -0.39 is 0 Å². The quantitative estimate of drug-likeness (QED) is 0.557. The Labute approximate surface area is 174 Å². The maximum Gasteiger partial charge on any atom is 0.273 e. The molecule has 3 rings (SSSR count). The lowest BCUT2D eigenvalue weighted by Gasteiger charge is -2.10. The number of nitrogens with zero attached hydrogens (tertiary/aromatic N) is 3. The average Bonchev–Trinajstić information content (AvgIpc) is 3.26. The number of benzene rings is 2. The van der Waals surface area contributed by atoms with E-state index in [2.05, 4.69) is 20.9 Å². The minimum Gasteiger partial charge on any atom is -0.493 e. The molecule has 0 spiro atoms. The molecule has 2 N–H and O–H groups in total. The lowest BCUT2D eigenvalue weighted by Crippen LogP contribution is -2.27. The Morgan fingerprint density at radius 1 is 0.967 bits per heavy atom. The molecule has 0 atom stereocenters. The van der Waals surface area contributed by atoms with Crippen molar-refractivity contribution in [2.75, 3.05) is 20.8 Å². The molecule has 1 aromatic heterocycles. The van der Waals surface area contributed by atoms with Gasteiger partial charge in [0, 0.05) is 18.7 Å². The zero-order valence-corrected chi connectivity index (χ0v) is 16.8. The maximum absolute atomic E-state index is 12.3. The molecule has 0 aliphatic heterocycles. The van der Waals surface area contributed by atoms with Crippen molar-refractivity contribution < 1.29 is 19.1 Å². The first-order chi connectivity index (χ1) is 14.6. The molecular weight excluding hydrogens is 386 g/mol. The molecule has 3 aromatic rings. The van der Waals surface area contributed by atoms with E-state index in [9.17, 15) is 9.59 Å². The molecule has 0 fully saturated rings. The third-order valence-corrected chi connectivity index (χ3v) is 4.34. The predicted octanol–water partition coefficient (Wildman–Crippen LogP) is 1.66. The SMILES string of the molecule is COc1ccc(C(=O)NCCn2cc(C(=O)NCc3ccccc3)nn2)cc1OC. The first-order valence-electron chi connectivity index (χ1n) is 9.33. The van der Waals surface area contributed by atoms with Crippen LogP contribution < -0.4 is 20.1 Å². The summed E-state index contributed by atoms with van der Waals surface area (Å²) in [5.41, 5.74) is 1.67. The van der Waals surface area contributed by atoms with E-state index in [0.29, 0.717) is 36.7 Å². The molecule has 0 bridgehead atoms. The molecule has 9 heteroatoms. The van der Waals surface area contributed by atoms with E-state index in [4.69, 9.17) is 9.47 Å². The van der Waals surface area contributed by atoms with Gasteiger partial charge in [-0.3, -0.25) is 9.59 Å². The number of amides is 2. The Bertz CT molecular complexity index is 1000. The largest absolute Gasteiger partial charge is 0.493 e. The molecular formula is C21H23N5O4. The van der Waals surface area contributed by atoms with Crippen molar-refractivity contribution in [3.05, 3.63) is 71.5 Å². The van der Waals surface area contributed by atoms with Crippen LogP contribution in [-0.2, 0) is 13.1 Å². The van der Waals surface area contributed by atoms with Crippen LogP contribution >= 0.6 is 0 Å². The first kappa shape index (κ1) is 20.8. The van der Waals surface area contributed by atoms with Crippen LogP contribution in [0.25, 0.3) is 0 Å².